The van der Waals surface area contributed by atoms with E-state index in [9.17, 15) is 0 Å². The Labute approximate surface area is 40.5 Å². The van der Waals surface area contributed by atoms with Gasteiger partial charge in [-0.1, -0.05) is 0 Å². The van der Waals surface area contributed by atoms with Gasteiger partial charge in [0.1, 0.15) is 0 Å². The van der Waals surface area contributed by atoms with Crippen LogP contribution in [0.5, 0.6) is 0 Å². The molecule has 3 aliphatic heterocycles. The van der Waals surface area contributed by atoms with E-state index in [0.29, 0.717) is 5.95 Å². The molecule has 7 heavy (non-hydrogen) atoms. The van der Waals surface area contributed by atoms with Crippen molar-refractivity contribution in [2.75, 3.05) is 0 Å². The normalized spacial score (nSPS) is 28.4. The first-order chi connectivity index (χ1) is 3.29. The zero-order valence-electron chi connectivity index (χ0n) is 3.80. The molecule has 0 amide bonds. The van der Waals surface area contributed by atoms with Crippen LogP contribution in [-0.2, 0) is 14.2 Å². The topological polar surface area (TPSA) is 27.7 Å². The Kier molecular flexibility index (Phi) is 0.272. The van der Waals surface area contributed by atoms with Gasteiger partial charge in [-0.15, -0.1) is 0 Å². The van der Waals surface area contributed by atoms with Gasteiger partial charge in [-0.05, 0) is 0 Å². The van der Waals surface area contributed by atoms with Gasteiger partial charge in [-0.2, -0.15) is 0 Å². The molecule has 3 aliphatic rings. The van der Waals surface area contributed by atoms with E-state index in [2.05, 4.69) is 0 Å². The number of ether oxygens (including phenoxy) is 3. The van der Waals surface area contributed by atoms with Gasteiger partial charge in [0, 0.05) is 0 Å². The third-order valence-corrected chi connectivity index (χ3v) is 0.941. The Morgan fingerprint density at radius 2 is 2.29 bits per heavy atom. The molecular weight excluding hydrogens is 96.0 g/mol. The summed E-state index contributed by atoms with van der Waals surface area (Å²) in [7, 11) is 0. The fraction of sp³-hybridized carbons (Fsp3) is 0.500. The van der Waals surface area contributed by atoms with Gasteiger partial charge >= 0.3 is 11.9 Å². The molecule has 3 nitrogen and oxygen atoms in total. The zero-order valence-corrected chi connectivity index (χ0v) is 3.80. The van der Waals surface area contributed by atoms with Crippen LogP contribution in [0, 0.1) is 0 Å². The molecule has 3 heteroatoms. The Bertz CT molecular complexity index is 124. The Hall–Kier alpha value is -0.860. The summed E-state index contributed by atoms with van der Waals surface area (Å²) in [4.78, 5) is 0. The molecule has 0 radical (unpaired) electrons. The van der Waals surface area contributed by atoms with Crippen molar-refractivity contribution in [3.63, 3.8) is 0 Å². The minimum Gasteiger partial charge on any atom is -0.421 e. The van der Waals surface area contributed by atoms with Crippen LogP contribution >= 0.6 is 0 Å². The van der Waals surface area contributed by atoms with Gasteiger partial charge in [0.25, 0.3) is 0 Å². The first-order valence-electron chi connectivity index (χ1n) is 2.04. The van der Waals surface area contributed by atoms with E-state index in [1.165, 1.54) is 6.26 Å². The van der Waals surface area contributed by atoms with E-state index in [1.54, 1.807) is 6.92 Å². The first-order valence-corrected chi connectivity index (χ1v) is 2.04. The average Bonchev–Trinajstić information content (AvgIpc) is 1.88. The summed E-state index contributed by atoms with van der Waals surface area (Å²) in [6.45, 7) is 1.71. The van der Waals surface area contributed by atoms with Gasteiger partial charge < -0.3 is 14.2 Å². The molecule has 0 spiro atoms. The highest BCUT2D eigenvalue weighted by Crippen LogP contribution is 2.39. The molecule has 0 aromatic rings. The van der Waals surface area contributed by atoms with E-state index >= 15 is 0 Å². The largest absolute Gasteiger partial charge is 0.421 e. The molecule has 0 saturated carbocycles. The molecule has 0 atom stereocenters. The Morgan fingerprint density at radius 3 is 2.43 bits per heavy atom. The van der Waals surface area contributed by atoms with Crippen LogP contribution < -0.4 is 0 Å². The fourth-order valence-corrected chi connectivity index (χ4v) is 0.624. The third kappa shape index (κ3) is 0.221. The van der Waals surface area contributed by atoms with Gasteiger partial charge in [0.15, 0.2) is 6.26 Å². The third-order valence-electron chi connectivity index (χ3n) is 0.941. The molecule has 3 heterocycles. The monoisotopic (exact) mass is 100 g/mol. The van der Waals surface area contributed by atoms with Crippen LogP contribution in [0.3, 0.4) is 0 Å². The zero-order chi connectivity index (χ0) is 4.91. The maximum Gasteiger partial charge on any atom is 0.418 e. The molecule has 0 aliphatic carbocycles. The highest BCUT2D eigenvalue weighted by Gasteiger charge is 2.49. The molecule has 1 saturated heterocycles. The lowest BCUT2D eigenvalue weighted by molar-refractivity contribution is -0.391. The second-order valence-corrected chi connectivity index (χ2v) is 1.62. The van der Waals surface area contributed by atoms with Crippen molar-refractivity contribution >= 4 is 0 Å². The van der Waals surface area contributed by atoms with Crippen LogP contribution in [0.25, 0.3) is 0 Å². The Balaban J connectivity index is 2.33. The van der Waals surface area contributed by atoms with Crippen LogP contribution in [0.4, 0.5) is 0 Å². The van der Waals surface area contributed by atoms with Crippen LogP contribution in [-0.4, -0.2) is 5.97 Å². The summed E-state index contributed by atoms with van der Waals surface area (Å²) >= 11 is 0. The predicted octanol–water partition coefficient (Wildman–Crippen LogP) is 0.536. The SMILES string of the molecule is CC12OC=C(O1)O2. The molecule has 1 fully saturated rings. The summed E-state index contributed by atoms with van der Waals surface area (Å²) in [5, 5.41) is 0. The van der Waals surface area contributed by atoms with Crippen LogP contribution in [0.15, 0.2) is 12.2 Å². The number of rotatable bonds is 0. The van der Waals surface area contributed by atoms with E-state index in [-0.39, 0.29) is 0 Å². The summed E-state index contributed by atoms with van der Waals surface area (Å²) < 4.78 is 14.5. The van der Waals surface area contributed by atoms with Crippen molar-refractivity contribution in [2.24, 2.45) is 0 Å². The number of fused-ring (bicyclic) bond motifs is 1. The van der Waals surface area contributed by atoms with Crippen LogP contribution in [0.2, 0.25) is 0 Å². The summed E-state index contributed by atoms with van der Waals surface area (Å²) in [5.41, 5.74) is 0. The van der Waals surface area contributed by atoms with Crippen molar-refractivity contribution in [3.8, 4) is 0 Å². The predicted molar refractivity (Wildman–Crippen MR) is 19.7 cm³/mol. The quantitative estimate of drug-likeness (QED) is 0.444. The second-order valence-electron chi connectivity index (χ2n) is 1.62. The lowest BCUT2D eigenvalue weighted by Crippen LogP contribution is -2.37. The Morgan fingerprint density at radius 1 is 1.57 bits per heavy atom. The van der Waals surface area contributed by atoms with Crippen molar-refractivity contribution in [2.45, 2.75) is 12.9 Å². The fourth-order valence-electron chi connectivity index (χ4n) is 0.624. The summed E-state index contributed by atoms with van der Waals surface area (Å²) in [6.07, 6.45) is 1.46. The smallest absolute Gasteiger partial charge is 0.418 e. The molecular formula is C4H4O3. The van der Waals surface area contributed by atoms with E-state index in [1.807, 2.05) is 0 Å². The number of hydrogen-bond donors (Lipinski definition) is 0. The van der Waals surface area contributed by atoms with Crippen molar-refractivity contribution in [3.05, 3.63) is 12.2 Å². The highest BCUT2D eigenvalue weighted by molar-refractivity contribution is 4.94. The lowest BCUT2D eigenvalue weighted by atomic mass is 10.6. The summed E-state index contributed by atoms with van der Waals surface area (Å²) in [6, 6.07) is 0. The molecule has 0 unspecified atom stereocenters. The van der Waals surface area contributed by atoms with E-state index in [4.69, 9.17) is 14.2 Å². The first kappa shape index (κ1) is 3.18. The van der Waals surface area contributed by atoms with Gasteiger partial charge in [0.2, 0.25) is 0 Å². The molecule has 0 aromatic heterocycles. The van der Waals surface area contributed by atoms with Crippen molar-refractivity contribution in [1.82, 2.24) is 0 Å². The second kappa shape index (κ2) is 0.598. The maximum absolute atomic E-state index is 4.85. The minimum atomic E-state index is -0.755. The molecule has 0 N–H and O–H groups in total. The molecule has 3 rings (SSSR count). The van der Waals surface area contributed by atoms with Crippen molar-refractivity contribution in [1.29, 1.82) is 0 Å². The minimum absolute atomic E-state index is 0.488. The van der Waals surface area contributed by atoms with Crippen LogP contribution in [0.1, 0.15) is 6.92 Å². The number of hydrogen-bond acceptors (Lipinski definition) is 3. The van der Waals surface area contributed by atoms with Gasteiger partial charge in [-0.3, -0.25) is 0 Å². The lowest BCUT2D eigenvalue weighted by Gasteiger charge is -2.29. The summed E-state index contributed by atoms with van der Waals surface area (Å²) in [5.74, 6) is -0.266. The molecule has 38 valence electrons. The molecule has 0 aromatic carbocycles. The standard InChI is InChI=1S/C4H4O3/c1-4-5-2-3(6-4)7-4/h2H,1H3. The van der Waals surface area contributed by atoms with Crippen molar-refractivity contribution < 1.29 is 14.2 Å². The average molecular weight is 100 g/mol. The van der Waals surface area contributed by atoms with E-state index in [0.717, 1.165) is 0 Å². The molecule has 2 bridgehead atoms. The van der Waals surface area contributed by atoms with Gasteiger partial charge in [0.05, 0.1) is 6.92 Å². The van der Waals surface area contributed by atoms with E-state index < -0.39 is 5.97 Å². The van der Waals surface area contributed by atoms with Gasteiger partial charge in [-0.25, -0.2) is 0 Å². The maximum atomic E-state index is 4.85. The highest BCUT2D eigenvalue weighted by atomic mass is 17.0.